The molecule has 0 spiro atoms. The second kappa shape index (κ2) is 15.6. The maximum absolute atomic E-state index is 14.3. The minimum atomic E-state index is -0.257. The van der Waals surface area contributed by atoms with E-state index in [4.69, 9.17) is 0 Å². The van der Waals surface area contributed by atoms with Gasteiger partial charge in [0.25, 0.3) is 0 Å². The Morgan fingerprint density at radius 2 is 1.60 bits per heavy atom. The van der Waals surface area contributed by atoms with Crippen LogP contribution in [0.15, 0.2) is 49.1 Å². The number of H-pyrrole nitrogens is 1. The second-order valence-corrected chi connectivity index (χ2v) is 8.65. The van der Waals surface area contributed by atoms with Crippen LogP contribution in [0.5, 0.6) is 0 Å². The summed E-state index contributed by atoms with van der Waals surface area (Å²) in [7, 11) is 6.00. The molecule has 0 bridgehead atoms. The first kappa shape index (κ1) is 30.6. The standard InChI is InChI=1S/C19H17F2N.C7H12.C2H6.CH3B.CH5N/c1-11-9-15-17(12-3-2-4-12)18(22-19(15)16(21)10-11)13-5-7-14(20)8-6-13;1-3-6(2)7-4-5-7;3*1-2/h5-10,12,22H,2-4H2,1H3;3,6-7H,1,4-5H2,2H3;1-2H3;1H3;2H2,1H3. The van der Waals surface area contributed by atoms with Crippen molar-refractivity contribution in [1.29, 1.82) is 0 Å². The summed E-state index contributed by atoms with van der Waals surface area (Å²) in [6.07, 6.45) is 8.42. The zero-order valence-corrected chi connectivity index (χ0v) is 22.4. The van der Waals surface area contributed by atoms with Crippen LogP contribution in [0.2, 0.25) is 6.82 Å². The number of halogens is 2. The Balaban J connectivity index is 0.000000396. The van der Waals surface area contributed by atoms with Gasteiger partial charge in [0, 0.05) is 5.39 Å². The number of fused-ring (bicyclic) bond motifs is 1. The van der Waals surface area contributed by atoms with Crippen LogP contribution < -0.4 is 5.73 Å². The molecule has 2 nitrogen and oxygen atoms in total. The van der Waals surface area contributed by atoms with Crippen molar-refractivity contribution in [2.45, 2.75) is 72.5 Å². The number of aryl methyl sites for hydroxylation is 1. The lowest BCUT2D eigenvalue weighted by molar-refractivity contribution is 0.423. The quantitative estimate of drug-likeness (QED) is 0.285. The molecule has 2 aliphatic rings. The molecule has 0 aliphatic heterocycles. The predicted molar refractivity (Wildman–Crippen MR) is 150 cm³/mol. The summed E-state index contributed by atoms with van der Waals surface area (Å²) in [5, 5.41) is 0.974. The summed E-state index contributed by atoms with van der Waals surface area (Å²) in [6, 6.07) is 10.0. The number of aromatic nitrogens is 1. The van der Waals surface area contributed by atoms with E-state index in [0.29, 0.717) is 11.4 Å². The fraction of sp³-hybridized carbons (Fsp3) is 0.467. The summed E-state index contributed by atoms with van der Waals surface area (Å²) in [5.74, 6) is 1.77. The molecule has 2 aliphatic carbocycles. The van der Waals surface area contributed by atoms with Crippen molar-refractivity contribution in [3.8, 4) is 11.3 Å². The summed E-state index contributed by atoms with van der Waals surface area (Å²) >= 11 is 0. The predicted octanol–water partition coefficient (Wildman–Crippen LogP) is 8.71. The van der Waals surface area contributed by atoms with Crippen molar-refractivity contribution >= 4 is 18.7 Å². The lowest BCUT2D eigenvalue weighted by Crippen LogP contribution is -2.09. The Morgan fingerprint density at radius 3 is 2.03 bits per heavy atom. The van der Waals surface area contributed by atoms with Crippen molar-refractivity contribution in [3.05, 3.63) is 71.8 Å². The Bertz CT molecular complexity index is 1020. The molecule has 35 heavy (non-hydrogen) atoms. The maximum atomic E-state index is 14.3. The number of nitrogens with one attached hydrogen (secondary N) is 1. The van der Waals surface area contributed by atoms with Crippen molar-refractivity contribution in [2.24, 2.45) is 17.6 Å². The zero-order valence-electron chi connectivity index (χ0n) is 22.4. The smallest absolute Gasteiger partial charge is 0.147 e. The molecule has 1 atom stereocenters. The van der Waals surface area contributed by atoms with Crippen LogP contribution >= 0.6 is 0 Å². The molecule has 2 radical (unpaired) electrons. The van der Waals surface area contributed by atoms with Crippen molar-refractivity contribution in [3.63, 3.8) is 0 Å². The number of hydrogen-bond donors (Lipinski definition) is 2. The monoisotopic (exact) mass is 480 g/mol. The zero-order chi connectivity index (χ0) is 26.5. The third-order valence-corrected chi connectivity index (χ3v) is 6.43. The Hall–Kier alpha value is -2.40. The Morgan fingerprint density at radius 1 is 1.03 bits per heavy atom. The largest absolute Gasteiger partial charge is 0.352 e. The molecule has 1 heterocycles. The van der Waals surface area contributed by atoms with E-state index >= 15 is 0 Å². The highest BCUT2D eigenvalue weighted by Crippen LogP contribution is 2.45. The molecular formula is C30H43BF2N2. The van der Waals surface area contributed by atoms with E-state index in [1.54, 1.807) is 18.2 Å². The van der Waals surface area contributed by atoms with Gasteiger partial charge in [-0.05, 0) is 110 Å². The number of aromatic amines is 1. The van der Waals surface area contributed by atoms with Crippen molar-refractivity contribution < 1.29 is 8.78 Å². The van der Waals surface area contributed by atoms with Crippen LogP contribution in [0.3, 0.4) is 0 Å². The van der Waals surface area contributed by atoms with E-state index in [9.17, 15) is 8.78 Å². The van der Waals surface area contributed by atoms with E-state index in [-0.39, 0.29) is 11.6 Å². The molecule has 2 saturated carbocycles. The van der Waals surface area contributed by atoms with Gasteiger partial charge >= 0.3 is 0 Å². The number of rotatable bonds is 4. The van der Waals surface area contributed by atoms with Gasteiger partial charge in [0.1, 0.15) is 11.6 Å². The van der Waals surface area contributed by atoms with E-state index in [1.807, 2.05) is 20.8 Å². The molecule has 5 heteroatoms. The highest BCUT2D eigenvalue weighted by Gasteiger charge is 2.27. The van der Waals surface area contributed by atoms with Gasteiger partial charge in [-0.3, -0.25) is 0 Å². The van der Waals surface area contributed by atoms with Crippen molar-refractivity contribution in [1.82, 2.24) is 4.98 Å². The minimum absolute atomic E-state index is 0.219. The van der Waals surface area contributed by atoms with Gasteiger partial charge in [0.15, 0.2) is 0 Å². The molecule has 0 amide bonds. The molecule has 5 rings (SSSR count). The first-order valence-electron chi connectivity index (χ1n) is 12.8. The normalized spacial score (nSPS) is 14.9. The first-order chi connectivity index (χ1) is 17.0. The van der Waals surface area contributed by atoms with Gasteiger partial charge in [-0.2, -0.15) is 0 Å². The van der Waals surface area contributed by atoms with Crippen LogP contribution in [0.4, 0.5) is 8.78 Å². The Kier molecular flexibility index (Phi) is 13.6. The fourth-order valence-corrected chi connectivity index (χ4v) is 4.19. The van der Waals surface area contributed by atoms with Crippen molar-refractivity contribution in [2.75, 3.05) is 7.05 Å². The second-order valence-electron chi connectivity index (χ2n) is 8.65. The fourth-order valence-electron chi connectivity index (χ4n) is 4.19. The van der Waals surface area contributed by atoms with Gasteiger partial charge in [0.2, 0.25) is 0 Å². The van der Waals surface area contributed by atoms with Gasteiger partial charge < -0.3 is 10.7 Å². The van der Waals surface area contributed by atoms with Crippen LogP contribution in [0.1, 0.15) is 69.9 Å². The van der Waals surface area contributed by atoms with E-state index in [1.165, 1.54) is 50.8 Å². The number of benzene rings is 2. The van der Waals surface area contributed by atoms with Gasteiger partial charge in [0.05, 0.1) is 19.1 Å². The summed E-state index contributed by atoms with van der Waals surface area (Å²) in [5.41, 5.74) is 9.03. The SMILES string of the molecule is C=CC(C)C1CC1.CC.CN.Cc1cc(F)c2[nH]c(-c3ccc(F)cc3)c(C3CCC3)c2c1.[B]C. The maximum Gasteiger partial charge on any atom is 0.147 e. The highest BCUT2D eigenvalue weighted by molar-refractivity contribution is 6.05. The molecule has 2 aromatic carbocycles. The summed E-state index contributed by atoms with van der Waals surface area (Å²) in [6.45, 7) is 13.4. The number of allylic oxidation sites excluding steroid dienone is 1. The third kappa shape index (κ3) is 8.07. The molecule has 0 saturated heterocycles. The molecule has 1 unspecified atom stereocenters. The molecule has 3 aromatic rings. The number of nitrogens with two attached hydrogens (primary N) is 1. The number of hydrogen-bond acceptors (Lipinski definition) is 1. The molecule has 3 N–H and O–H groups in total. The lowest BCUT2D eigenvalue weighted by Gasteiger charge is -2.26. The average molecular weight is 480 g/mol. The van der Waals surface area contributed by atoms with Gasteiger partial charge in [-0.25, -0.2) is 8.78 Å². The van der Waals surface area contributed by atoms with Crippen LogP contribution in [0, 0.1) is 30.4 Å². The topological polar surface area (TPSA) is 41.8 Å². The molecule has 2 fully saturated rings. The summed E-state index contributed by atoms with van der Waals surface area (Å²) in [4.78, 5) is 3.25. The van der Waals surface area contributed by atoms with Crippen LogP contribution in [-0.4, -0.2) is 19.9 Å². The van der Waals surface area contributed by atoms with Gasteiger partial charge in [-0.1, -0.05) is 40.1 Å². The molecule has 1 aromatic heterocycles. The highest BCUT2D eigenvalue weighted by atomic mass is 19.1. The molecular weight excluding hydrogens is 437 g/mol. The van der Waals surface area contributed by atoms with E-state index in [2.05, 4.69) is 44.2 Å². The first-order valence-corrected chi connectivity index (χ1v) is 12.8. The van der Waals surface area contributed by atoms with Crippen LogP contribution in [0.25, 0.3) is 22.2 Å². The van der Waals surface area contributed by atoms with E-state index < -0.39 is 0 Å². The summed E-state index contributed by atoms with van der Waals surface area (Å²) < 4.78 is 27.5. The van der Waals surface area contributed by atoms with E-state index in [0.717, 1.165) is 46.9 Å². The Labute approximate surface area is 212 Å². The average Bonchev–Trinajstić information content (AvgIpc) is 3.65. The lowest BCUT2D eigenvalue weighted by atomic mass is 9.78. The molecule has 190 valence electrons. The van der Waals surface area contributed by atoms with Crippen LogP contribution in [-0.2, 0) is 0 Å². The third-order valence-electron chi connectivity index (χ3n) is 6.43. The minimum Gasteiger partial charge on any atom is -0.352 e. The van der Waals surface area contributed by atoms with Gasteiger partial charge in [-0.15, -0.1) is 6.58 Å².